The van der Waals surface area contributed by atoms with Gasteiger partial charge in [0.25, 0.3) is 0 Å². The molecule has 1 atom stereocenters. The van der Waals surface area contributed by atoms with Crippen LogP contribution in [0, 0.1) is 0 Å². The second-order valence-corrected chi connectivity index (χ2v) is 8.31. The van der Waals surface area contributed by atoms with E-state index in [-0.39, 0.29) is 18.4 Å². The number of ketones is 1. The molecule has 1 aliphatic carbocycles. The molecular formula is C26H28N2O3. The molecule has 1 N–H and O–H groups in total. The Morgan fingerprint density at radius 2 is 1.77 bits per heavy atom. The maximum atomic E-state index is 13.3. The van der Waals surface area contributed by atoms with E-state index in [0.29, 0.717) is 17.6 Å². The summed E-state index contributed by atoms with van der Waals surface area (Å²) >= 11 is 0. The van der Waals surface area contributed by atoms with Crippen molar-refractivity contribution in [3.05, 3.63) is 88.3 Å². The van der Waals surface area contributed by atoms with Gasteiger partial charge in [-0.2, -0.15) is 0 Å². The van der Waals surface area contributed by atoms with E-state index in [9.17, 15) is 9.59 Å². The van der Waals surface area contributed by atoms with Crippen molar-refractivity contribution in [3.63, 3.8) is 0 Å². The lowest BCUT2D eigenvalue weighted by Crippen LogP contribution is -2.34. The standard InChI is InChI=1S/C26H28N2O3/c1-17-23(26(30)31-16-18-8-5-4-6-9-18)24(19-12-14-20(15-13-19)28(2)3)25-21(27-17)10-7-11-22(25)29/h4-6,8-9,12-15,24,27H,7,10-11,16H2,1-3H3/t24-/m0/s1. The molecule has 4 rings (SSSR count). The van der Waals surface area contributed by atoms with E-state index >= 15 is 0 Å². The van der Waals surface area contributed by atoms with Crippen LogP contribution in [0.15, 0.2) is 77.1 Å². The molecule has 1 aliphatic heterocycles. The number of dihydropyridines is 1. The number of carbonyl (C=O) groups excluding carboxylic acids is 2. The van der Waals surface area contributed by atoms with Crippen LogP contribution in [0.5, 0.6) is 0 Å². The van der Waals surface area contributed by atoms with Crippen molar-refractivity contribution in [2.45, 2.75) is 38.7 Å². The number of esters is 1. The lowest BCUT2D eigenvalue weighted by atomic mass is 9.75. The molecule has 0 fully saturated rings. The van der Waals surface area contributed by atoms with Crippen LogP contribution in [0.1, 0.15) is 43.2 Å². The highest BCUT2D eigenvalue weighted by Crippen LogP contribution is 2.42. The molecule has 160 valence electrons. The number of anilines is 1. The Bertz CT molecular complexity index is 1050. The molecule has 0 aromatic heterocycles. The van der Waals surface area contributed by atoms with Crippen molar-refractivity contribution in [1.82, 2.24) is 5.32 Å². The Balaban J connectivity index is 1.70. The minimum absolute atomic E-state index is 0.108. The van der Waals surface area contributed by atoms with Crippen LogP contribution in [0.25, 0.3) is 0 Å². The van der Waals surface area contributed by atoms with E-state index in [2.05, 4.69) is 5.32 Å². The quantitative estimate of drug-likeness (QED) is 0.729. The molecule has 0 unspecified atom stereocenters. The molecule has 0 radical (unpaired) electrons. The number of rotatable bonds is 5. The number of allylic oxidation sites excluding steroid dienone is 3. The zero-order valence-electron chi connectivity index (χ0n) is 18.3. The molecular weight excluding hydrogens is 388 g/mol. The smallest absolute Gasteiger partial charge is 0.337 e. The van der Waals surface area contributed by atoms with Gasteiger partial charge in [0.15, 0.2) is 5.78 Å². The number of benzene rings is 2. The first kappa shape index (κ1) is 20.9. The molecule has 0 bridgehead atoms. The van der Waals surface area contributed by atoms with E-state index in [1.54, 1.807) is 0 Å². The Kier molecular flexibility index (Phi) is 5.94. The SMILES string of the molecule is CC1=C(C(=O)OCc2ccccc2)[C@H](c2ccc(N(C)C)cc2)C2=C(CCCC2=O)N1. The third-order valence-electron chi connectivity index (χ3n) is 5.95. The molecule has 0 saturated heterocycles. The van der Waals surface area contributed by atoms with Crippen molar-refractivity contribution in [2.75, 3.05) is 19.0 Å². The molecule has 0 spiro atoms. The number of ether oxygens (including phenoxy) is 1. The summed E-state index contributed by atoms with van der Waals surface area (Å²) in [6.07, 6.45) is 2.16. The van der Waals surface area contributed by atoms with Gasteiger partial charge >= 0.3 is 5.97 Å². The van der Waals surface area contributed by atoms with Crippen molar-refractivity contribution >= 4 is 17.4 Å². The van der Waals surface area contributed by atoms with E-state index in [4.69, 9.17) is 4.74 Å². The van der Waals surface area contributed by atoms with Crippen LogP contribution >= 0.6 is 0 Å². The van der Waals surface area contributed by atoms with Crippen LogP contribution in [-0.4, -0.2) is 25.8 Å². The molecule has 31 heavy (non-hydrogen) atoms. The minimum atomic E-state index is -0.413. The average molecular weight is 417 g/mol. The van der Waals surface area contributed by atoms with Gasteiger partial charge in [0, 0.05) is 49.1 Å². The number of Topliss-reactive ketones (excluding diaryl/α,β-unsaturated/α-hetero) is 1. The minimum Gasteiger partial charge on any atom is -0.457 e. The molecule has 5 heteroatoms. The second kappa shape index (κ2) is 8.80. The predicted molar refractivity (Wildman–Crippen MR) is 121 cm³/mol. The number of nitrogens with zero attached hydrogens (tertiary/aromatic N) is 1. The lowest BCUT2D eigenvalue weighted by molar-refractivity contribution is -0.140. The Morgan fingerprint density at radius 1 is 1.06 bits per heavy atom. The van der Waals surface area contributed by atoms with E-state index in [1.807, 2.05) is 80.5 Å². The van der Waals surface area contributed by atoms with Gasteiger partial charge in [-0.25, -0.2) is 4.79 Å². The average Bonchev–Trinajstić information content (AvgIpc) is 2.77. The molecule has 0 amide bonds. The Hall–Kier alpha value is -3.34. The van der Waals surface area contributed by atoms with Gasteiger partial charge in [-0.1, -0.05) is 42.5 Å². The molecule has 0 saturated carbocycles. The highest BCUT2D eigenvalue weighted by atomic mass is 16.5. The summed E-state index contributed by atoms with van der Waals surface area (Å²) < 4.78 is 5.69. The van der Waals surface area contributed by atoms with Crippen LogP contribution < -0.4 is 10.2 Å². The van der Waals surface area contributed by atoms with Gasteiger partial charge in [-0.15, -0.1) is 0 Å². The third kappa shape index (κ3) is 4.26. The van der Waals surface area contributed by atoms with Gasteiger partial charge < -0.3 is 15.0 Å². The monoisotopic (exact) mass is 416 g/mol. The molecule has 5 nitrogen and oxygen atoms in total. The number of hydrogen-bond acceptors (Lipinski definition) is 5. The van der Waals surface area contributed by atoms with Crippen molar-refractivity contribution in [3.8, 4) is 0 Å². The number of carbonyl (C=O) groups is 2. The van der Waals surface area contributed by atoms with Gasteiger partial charge in [0.1, 0.15) is 6.61 Å². The van der Waals surface area contributed by atoms with Gasteiger partial charge in [0.2, 0.25) is 0 Å². The van der Waals surface area contributed by atoms with E-state index < -0.39 is 5.92 Å². The fourth-order valence-corrected chi connectivity index (χ4v) is 4.35. The second-order valence-electron chi connectivity index (χ2n) is 8.31. The first-order valence-corrected chi connectivity index (χ1v) is 10.7. The highest BCUT2D eigenvalue weighted by Gasteiger charge is 2.39. The van der Waals surface area contributed by atoms with Crippen molar-refractivity contribution in [1.29, 1.82) is 0 Å². The maximum absolute atomic E-state index is 13.3. The zero-order valence-corrected chi connectivity index (χ0v) is 18.3. The summed E-state index contributed by atoms with van der Waals surface area (Å²) in [6, 6.07) is 17.7. The summed E-state index contributed by atoms with van der Waals surface area (Å²) in [7, 11) is 3.97. The molecule has 2 aromatic rings. The normalized spacial score (nSPS) is 18.4. The summed E-state index contributed by atoms with van der Waals surface area (Å²) in [5.74, 6) is -0.694. The van der Waals surface area contributed by atoms with Gasteiger partial charge in [-0.3, -0.25) is 4.79 Å². The summed E-state index contributed by atoms with van der Waals surface area (Å²) in [5.41, 5.74) is 5.85. The largest absolute Gasteiger partial charge is 0.457 e. The summed E-state index contributed by atoms with van der Waals surface area (Å²) in [6.45, 7) is 2.09. The predicted octanol–water partition coefficient (Wildman–Crippen LogP) is 4.46. The zero-order chi connectivity index (χ0) is 22.0. The van der Waals surface area contributed by atoms with Crippen LogP contribution in [-0.2, 0) is 20.9 Å². The topological polar surface area (TPSA) is 58.6 Å². The van der Waals surface area contributed by atoms with Crippen LogP contribution in [0.3, 0.4) is 0 Å². The maximum Gasteiger partial charge on any atom is 0.337 e. The van der Waals surface area contributed by atoms with Crippen molar-refractivity contribution in [2.24, 2.45) is 0 Å². The fraction of sp³-hybridized carbons (Fsp3) is 0.308. The first-order chi connectivity index (χ1) is 15.0. The van der Waals surface area contributed by atoms with Gasteiger partial charge in [0.05, 0.1) is 5.57 Å². The van der Waals surface area contributed by atoms with Crippen LogP contribution in [0.2, 0.25) is 0 Å². The lowest BCUT2D eigenvalue weighted by Gasteiger charge is -2.34. The van der Waals surface area contributed by atoms with E-state index in [1.165, 1.54) is 0 Å². The number of nitrogens with one attached hydrogen (secondary N) is 1. The number of hydrogen-bond donors (Lipinski definition) is 1. The fourth-order valence-electron chi connectivity index (χ4n) is 4.35. The first-order valence-electron chi connectivity index (χ1n) is 10.7. The molecule has 2 aliphatic rings. The third-order valence-corrected chi connectivity index (χ3v) is 5.95. The van der Waals surface area contributed by atoms with E-state index in [0.717, 1.165) is 41.1 Å². The van der Waals surface area contributed by atoms with Crippen molar-refractivity contribution < 1.29 is 14.3 Å². The highest BCUT2D eigenvalue weighted by molar-refractivity contribution is 6.03. The molecule has 2 aromatic carbocycles. The van der Waals surface area contributed by atoms with Gasteiger partial charge in [-0.05, 0) is 43.0 Å². The summed E-state index contributed by atoms with van der Waals surface area (Å²) in [5, 5.41) is 3.34. The Labute approximate surface area is 183 Å². The summed E-state index contributed by atoms with van der Waals surface area (Å²) in [4.78, 5) is 28.2. The Morgan fingerprint density at radius 3 is 2.45 bits per heavy atom. The molecule has 1 heterocycles. The van der Waals surface area contributed by atoms with Crippen LogP contribution in [0.4, 0.5) is 5.69 Å².